The van der Waals surface area contributed by atoms with Crippen LogP contribution in [0.3, 0.4) is 0 Å². The molecule has 74 valence electrons. The van der Waals surface area contributed by atoms with Crippen LogP contribution in [0.5, 0.6) is 0 Å². The summed E-state index contributed by atoms with van der Waals surface area (Å²) >= 11 is 0. The number of nitrogens with one attached hydrogen (secondary N) is 1. The molecule has 13 heavy (non-hydrogen) atoms. The zero-order valence-corrected chi connectivity index (χ0v) is 7.95. The van der Waals surface area contributed by atoms with Gasteiger partial charge in [-0.2, -0.15) is 4.98 Å². The van der Waals surface area contributed by atoms with E-state index in [1.54, 1.807) is 13.8 Å². The molecule has 0 aliphatic carbocycles. The van der Waals surface area contributed by atoms with Crippen molar-refractivity contribution in [1.29, 1.82) is 0 Å². The minimum atomic E-state index is -0.669. The molecule has 0 radical (unpaired) electrons. The Bertz CT molecular complexity index is 228. The lowest BCUT2D eigenvalue weighted by atomic mass is 10.1. The predicted octanol–water partition coefficient (Wildman–Crippen LogP) is -0.0274. The summed E-state index contributed by atoms with van der Waals surface area (Å²) in [6, 6.07) is 0. The molecule has 0 bridgehead atoms. The van der Waals surface area contributed by atoms with E-state index in [0.717, 1.165) is 6.54 Å². The molecule has 0 aliphatic rings. The Labute approximate surface area is 77.2 Å². The lowest BCUT2D eigenvalue weighted by molar-refractivity contribution is 0.0801. The SMILES string of the molecule is CC(C)(O)CNCCc1ncon1. The first-order valence-electron chi connectivity index (χ1n) is 4.26. The van der Waals surface area contributed by atoms with Gasteiger partial charge in [-0.05, 0) is 13.8 Å². The van der Waals surface area contributed by atoms with Crippen LogP contribution < -0.4 is 5.32 Å². The van der Waals surface area contributed by atoms with Crippen molar-refractivity contribution in [2.24, 2.45) is 0 Å². The molecular weight excluding hydrogens is 170 g/mol. The average molecular weight is 185 g/mol. The highest BCUT2D eigenvalue weighted by atomic mass is 16.5. The van der Waals surface area contributed by atoms with Crippen LogP contribution in [0.15, 0.2) is 10.9 Å². The molecule has 0 amide bonds. The average Bonchev–Trinajstić information content (AvgIpc) is 2.48. The Morgan fingerprint density at radius 1 is 1.62 bits per heavy atom. The van der Waals surface area contributed by atoms with Crippen molar-refractivity contribution >= 4 is 0 Å². The standard InChI is InChI=1S/C8H15N3O2/c1-8(2,12)5-9-4-3-7-10-6-13-11-7/h6,9,12H,3-5H2,1-2H3. The second-order valence-electron chi connectivity index (χ2n) is 3.59. The normalized spacial score (nSPS) is 11.9. The molecule has 5 heteroatoms. The number of hydrogen-bond acceptors (Lipinski definition) is 5. The van der Waals surface area contributed by atoms with E-state index in [4.69, 9.17) is 0 Å². The van der Waals surface area contributed by atoms with Crippen LogP contribution in [-0.4, -0.2) is 33.9 Å². The van der Waals surface area contributed by atoms with E-state index in [1.807, 2.05) is 0 Å². The minimum Gasteiger partial charge on any atom is -0.389 e. The largest absolute Gasteiger partial charge is 0.389 e. The maximum atomic E-state index is 9.36. The van der Waals surface area contributed by atoms with E-state index in [0.29, 0.717) is 18.8 Å². The van der Waals surface area contributed by atoms with Crippen LogP contribution >= 0.6 is 0 Å². The predicted molar refractivity (Wildman–Crippen MR) is 47.2 cm³/mol. The highest BCUT2D eigenvalue weighted by Crippen LogP contribution is 1.97. The van der Waals surface area contributed by atoms with Gasteiger partial charge in [0.2, 0.25) is 6.39 Å². The van der Waals surface area contributed by atoms with Crippen molar-refractivity contribution in [3.8, 4) is 0 Å². The second kappa shape index (κ2) is 4.34. The zero-order chi connectivity index (χ0) is 9.73. The number of nitrogens with zero attached hydrogens (tertiary/aromatic N) is 2. The van der Waals surface area contributed by atoms with Gasteiger partial charge in [0.25, 0.3) is 0 Å². The molecule has 5 nitrogen and oxygen atoms in total. The fraction of sp³-hybridized carbons (Fsp3) is 0.750. The third kappa shape index (κ3) is 4.59. The van der Waals surface area contributed by atoms with Crippen molar-refractivity contribution in [1.82, 2.24) is 15.5 Å². The van der Waals surface area contributed by atoms with Crippen LogP contribution in [0.4, 0.5) is 0 Å². The summed E-state index contributed by atoms with van der Waals surface area (Å²) in [6.45, 7) is 4.82. The molecule has 0 atom stereocenters. The molecule has 1 aromatic heterocycles. The first-order valence-corrected chi connectivity index (χ1v) is 4.26. The van der Waals surface area contributed by atoms with Crippen molar-refractivity contribution < 1.29 is 9.63 Å². The Morgan fingerprint density at radius 3 is 2.92 bits per heavy atom. The number of rotatable bonds is 5. The quantitative estimate of drug-likeness (QED) is 0.630. The van der Waals surface area contributed by atoms with E-state index in [2.05, 4.69) is 20.0 Å². The van der Waals surface area contributed by atoms with Gasteiger partial charge in [-0.3, -0.25) is 0 Å². The smallest absolute Gasteiger partial charge is 0.213 e. The number of aliphatic hydroxyl groups is 1. The van der Waals surface area contributed by atoms with Crippen molar-refractivity contribution in [2.45, 2.75) is 25.9 Å². The van der Waals surface area contributed by atoms with Crippen molar-refractivity contribution in [3.63, 3.8) is 0 Å². The molecule has 0 spiro atoms. The molecule has 1 heterocycles. The second-order valence-corrected chi connectivity index (χ2v) is 3.59. The van der Waals surface area contributed by atoms with Gasteiger partial charge in [0.05, 0.1) is 5.60 Å². The first-order chi connectivity index (χ1) is 6.08. The molecule has 1 aromatic rings. The lowest BCUT2D eigenvalue weighted by Crippen LogP contribution is -2.35. The lowest BCUT2D eigenvalue weighted by Gasteiger charge is -2.17. The summed E-state index contributed by atoms with van der Waals surface area (Å²) in [7, 11) is 0. The fourth-order valence-corrected chi connectivity index (χ4v) is 0.897. The number of hydrogen-bond donors (Lipinski definition) is 2. The van der Waals surface area contributed by atoms with Crippen LogP contribution in [0, 0.1) is 0 Å². The van der Waals surface area contributed by atoms with E-state index in [-0.39, 0.29) is 0 Å². The van der Waals surface area contributed by atoms with Gasteiger partial charge in [0.1, 0.15) is 0 Å². The molecule has 0 aliphatic heterocycles. The number of aromatic nitrogens is 2. The van der Waals surface area contributed by atoms with Crippen LogP contribution in [0.25, 0.3) is 0 Å². The van der Waals surface area contributed by atoms with Crippen LogP contribution in [-0.2, 0) is 6.42 Å². The third-order valence-electron chi connectivity index (χ3n) is 1.49. The van der Waals surface area contributed by atoms with Gasteiger partial charge in [0, 0.05) is 19.5 Å². The van der Waals surface area contributed by atoms with Crippen molar-refractivity contribution in [2.75, 3.05) is 13.1 Å². The monoisotopic (exact) mass is 185 g/mol. The zero-order valence-electron chi connectivity index (χ0n) is 7.95. The highest BCUT2D eigenvalue weighted by Gasteiger charge is 2.10. The summed E-state index contributed by atoms with van der Waals surface area (Å²) in [5.74, 6) is 0.684. The Balaban J connectivity index is 2.09. The molecule has 0 unspecified atom stereocenters. The van der Waals surface area contributed by atoms with E-state index >= 15 is 0 Å². The van der Waals surface area contributed by atoms with Crippen LogP contribution in [0.1, 0.15) is 19.7 Å². The van der Waals surface area contributed by atoms with E-state index in [1.165, 1.54) is 6.39 Å². The Morgan fingerprint density at radius 2 is 2.38 bits per heavy atom. The maximum absolute atomic E-state index is 9.36. The molecule has 2 N–H and O–H groups in total. The van der Waals surface area contributed by atoms with Gasteiger partial charge in [-0.25, -0.2) is 0 Å². The molecule has 0 aromatic carbocycles. The Hall–Kier alpha value is -0.940. The summed E-state index contributed by atoms with van der Waals surface area (Å²) in [5.41, 5.74) is -0.669. The van der Waals surface area contributed by atoms with Gasteiger partial charge in [0.15, 0.2) is 5.82 Å². The van der Waals surface area contributed by atoms with Gasteiger partial charge >= 0.3 is 0 Å². The van der Waals surface area contributed by atoms with Gasteiger partial charge < -0.3 is 14.9 Å². The summed E-state index contributed by atoms with van der Waals surface area (Å²) in [6.07, 6.45) is 2.03. The van der Waals surface area contributed by atoms with Crippen LogP contribution in [0.2, 0.25) is 0 Å². The fourth-order valence-electron chi connectivity index (χ4n) is 0.897. The van der Waals surface area contributed by atoms with E-state index < -0.39 is 5.60 Å². The molecule has 0 saturated heterocycles. The summed E-state index contributed by atoms with van der Waals surface area (Å²) in [5, 5.41) is 16.1. The molecule has 1 rings (SSSR count). The van der Waals surface area contributed by atoms with Gasteiger partial charge in [-0.15, -0.1) is 0 Å². The molecule has 0 saturated carbocycles. The van der Waals surface area contributed by atoms with E-state index in [9.17, 15) is 5.11 Å². The molecular formula is C8H15N3O2. The summed E-state index contributed by atoms with van der Waals surface area (Å²) < 4.78 is 4.57. The Kier molecular flexibility index (Phi) is 3.39. The first kappa shape index (κ1) is 10.1. The third-order valence-corrected chi connectivity index (χ3v) is 1.49. The molecule has 0 fully saturated rings. The summed E-state index contributed by atoms with van der Waals surface area (Å²) in [4.78, 5) is 3.87. The highest BCUT2D eigenvalue weighted by molar-refractivity contribution is 4.79. The maximum Gasteiger partial charge on any atom is 0.213 e. The van der Waals surface area contributed by atoms with Gasteiger partial charge in [-0.1, -0.05) is 5.16 Å². The van der Waals surface area contributed by atoms with Crippen molar-refractivity contribution in [3.05, 3.63) is 12.2 Å². The topological polar surface area (TPSA) is 71.2 Å². The minimum absolute atomic E-state index is 0.560.